The van der Waals surface area contributed by atoms with E-state index in [4.69, 9.17) is 0 Å². The lowest BCUT2D eigenvalue weighted by Gasteiger charge is -2.36. The predicted molar refractivity (Wildman–Crippen MR) is 69.8 cm³/mol. The molecule has 17 heavy (non-hydrogen) atoms. The number of piperidine rings is 1. The molecule has 1 aromatic rings. The molecule has 0 aliphatic carbocycles. The van der Waals surface area contributed by atoms with Crippen LogP contribution in [0.3, 0.4) is 0 Å². The molecular formula is C14H21FN2. The summed E-state index contributed by atoms with van der Waals surface area (Å²) in [5.74, 6) is -0.178. The molecule has 0 saturated carbocycles. The molecule has 94 valence electrons. The second-order valence-corrected chi connectivity index (χ2v) is 5.08. The molecule has 0 amide bonds. The third-order valence-electron chi connectivity index (χ3n) is 3.40. The highest BCUT2D eigenvalue weighted by atomic mass is 19.1. The molecule has 3 heteroatoms. The van der Waals surface area contributed by atoms with Crippen LogP contribution >= 0.6 is 0 Å². The van der Waals surface area contributed by atoms with Gasteiger partial charge in [-0.2, -0.15) is 0 Å². The Morgan fingerprint density at radius 1 is 1.29 bits per heavy atom. The Balaban J connectivity index is 1.92. The predicted octanol–water partition coefficient (Wildman–Crippen LogP) is 3.11. The van der Waals surface area contributed by atoms with Crippen molar-refractivity contribution in [2.45, 2.75) is 38.8 Å². The molecule has 0 bridgehead atoms. The number of hydrogen-bond donors (Lipinski definition) is 1. The third kappa shape index (κ3) is 3.43. The summed E-state index contributed by atoms with van der Waals surface area (Å²) in [5, 5.41) is 3.48. The zero-order chi connectivity index (χ0) is 12.3. The van der Waals surface area contributed by atoms with Gasteiger partial charge in [-0.25, -0.2) is 4.39 Å². The number of hydrogen-bond acceptors (Lipinski definition) is 2. The average molecular weight is 236 g/mol. The first kappa shape index (κ1) is 12.4. The molecule has 0 spiro atoms. The van der Waals surface area contributed by atoms with E-state index in [-0.39, 0.29) is 5.82 Å². The SMILES string of the molecule is CC(C)N1CCC[C@@H](Nc2ccc(F)cc2)C1. The van der Waals surface area contributed by atoms with Crippen LogP contribution < -0.4 is 5.32 Å². The Morgan fingerprint density at radius 3 is 2.65 bits per heavy atom. The molecule has 0 radical (unpaired) electrons. The molecule has 1 N–H and O–H groups in total. The van der Waals surface area contributed by atoms with Gasteiger partial charge in [-0.1, -0.05) is 0 Å². The minimum atomic E-state index is -0.178. The first-order valence-electron chi connectivity index (χ1n) is 6.41. The second kappa shape index (κ2) is 5.50. The van der Waals surface area contributed by atoms with Crippen LogP contribution in [-0.2, 0) is 0 Å². The van der Waals surface area contributed by atoms with Gasteiger partial charge in [0, 0.05) is 24.3 Å². The summed E-state index contributed by atoms with van der Waals surface area (Å²) in [6.45, 7) is 6.74. The van der Waals surface area contributed by atoms with E-state index in [1.165, 1.54) is 31.5 Å². The molecule has 1 heterocycles. The van der Waals surface area contributed by atoms with E-state index < -0.39 is 0 Å². The van der Waals surface area contributed by atoms with E-state index >= 15 is 0 Å². The van der Waals surface area contributed by atoms with Crippen molar-refractivity contribution >= 4 is 5.69 Å². The summed E-state index contributed by atoms with van der Waals surface area (Å²) < 4.78 is 12.8. The van der Waals surface area contributed by atoms with Crippen LogP contribution in [0.2, 0.25) is 0 Å². The highest BCUT2D eigenvalue weighted by Crippen LogP contribution is 2.17. The van der Waals surface area contributed by atoms with Crippen LogP contribution in [0.25, 0.3) is 0 Å². The van der Waals surface area contributed by atoms with E-state index in [2.05, 4.69) is 24.1 Å². The van der Waals surface area contributed by atoms with Gasteiger partial charge in [0.1, 0.15) is 5.82 Å². The summed E-state index contributed by atoms with van der Waals surface area (Å²) >= 11 is 0. The van der Waals surface area contributed by atoms with Gasteiger partial charge in [0.05, 0.1) is 0 Å². The van der Waals surface area contributed by atoms with Gasteiger partial charge in [-0.3, -0.25) is 4.90 Å². The van der Waals surface area contributed by atoms with E-state index in [0.717, 1.165) is 12.2 Å². The standard InChI is InChI=1S/C14H21FN2/c1-11(2)17-9-3-4-14(10-17)16-13-7-5-12(15)6-8-13/h5-8,11,14,16H,3-4,9-10H2,1-2H3/t14-/m1/s1. The normalized spacial score (nSPS) is 21.8. The van der Waals surface area contributed by atoms with Crippen molar-refractivity contribution in [1.82, 2.24) is 4.90 Å². The highest BCUT2D eigenvalue weighted by molar-refractivity contribution is 5.43. The number of benzene rings is 1. The number of halogens is 1. The molecule has 1 fully saturated rings. The monoisotopic (exact) mass is 236 g/mol. The first-order valence-corrected chi connectivity index (χ1v) is 6.41. The molecule has 1 aliphatic rings. The van der Waals surface area contributed by atoms with Gasteiger partial charge in [-0.05, 0) is 57.5 Å². The minimum absolute atomic E-state index is 0.178. The van der Waals surface area contributed by atoms with Crippen molar-refractivity contribution in [2.75, 3.05) is 18.4 Å². The Kier molecular flexibility index (Phi) is 4.00. The zero-order valence-electron chi connectivity index (χ0n) is 10.6. The van der Waals surface area contributed by atoms with Crippen LogP contribution in [0.1, 0.15) is 26.7 Å². The van der Waals surface area contributed by atoms with E-state index in [9.17, 15) is 4.39 Å². The molecule has 2 rings (SSSR count). The summed E-state index contributed by atoms with van der Waals surface area (Å²) in [6.07, 6.45) is 2.43. The summed E-state index contributed by atoms with van der Waals surface area (Å²) in [6, 6.07) is 7.72. The Morgan fingerprint density at radius 2 is 2.00 bits per heavy atom. The van der Waals surface area contributed by atoms with E-state index in [0.29, 0.717) is 12.1 Å². The first-order chi connectivity index (χ1) is 8.15. The van der Waals surface area contributed by atoms with Gasteiger partial charge < -0.3 is 5.32 Å². The molecule has 0 unspecified atom stereocenters. The second-order valence-electron chi connectivity index (χ2n) is 5.08. The van der Waals surface area contributed by atoms with Gasteiger partial charge in [0.15, 0.2) is 0 Å². The van der Waals surface area contributed by atoms with Crippen molar-refractivity contribution in [2.24, 2.45) is 0 Å². The lowest BCUT2D eigenvalue weighted by Crippen LogP contribution is -2.45. The van der Waals surface area contributed by atoms with Crippen molar-refractivity contribution in [3.05, 3.63) is 30.1 Å². The number of anilines is 1. The minimum Gasteiger partial charge on any atom is -0.381 e. The average Bonchev–Trinajstić information content (AvgIpc) is 2.32. The lowest BCUT2D eigenvalue weighted by atomic mass is 10.0. The number of nitrogens with one attached hydrogen (secondary N) is 1. The van der Waals surface area contributed by atoms with Crippen molar-refractivity contribution < 1.29 is 4.39 Å². The fourth-order valence-electron chi connectivity index (χ4n) is 2.38. The van der Waals surface area contributed by atoms with Crippen molar-refractivity contribution in [3.8, 4) is 0 Å². The number of rotatable bonds is 3. The highest BCUT2D eigenvalue weighted by Gasteiger charge is 2.21. The fourth-order valence-corrected chi connectivity index (χ4v) is 2.38. The fraction of sp³-hybridized carbons (Fsp3) is 0.571. The van der Waals surface area contributed by atoms with Crippen molar-refractivity contribution in [3.63, 3.8) is 0 Å². The smallest absolute Gasteiger partial charge is 0.123 e. The van der Waals surface area contributed by atoms with Gasteiger partial charge >= 0.3 is 0 Å². The Bertz CT molecular complexity index is 348. The number of likely N-dealkylation sites (tertiary alicyclic amines) is 1. The van der Waals surface area contributed by atoms with Crippen LogP contribution in [0.4, 0.5) is 10.1 Å². The maximum atomic E-state index is 12.8. The molecule has 1 saturated heterocycles. The van der Waals surface area contributed by atoms with Crippen LogP contribution in [0.15, 0.2) is 24.3 Å². The molecule has 1 aromatic carbocycles. The van der Waals surface area contributed by atoms with Crippen LogP contribution in [-0.4, -0.2) is 30.1 Å². The largest absolute Gasteiger partial charge is 0.381 e. The molecule has 0 aromatic heterocycles. The van der Waals surface area contributed by atoms with E-state index in [1.807, 2.05) is 12.1 Å². The van der Waals surface area contributed by atoms with Crippen LogP contribution in [0, 0.1) is 5.82 Å². The number of nitrogens with zero attached hydrogens (tertiary/aromatic N) is 1. The summed E-state index contributed by atoms with van der Waals surface area (Å²) in [7, 11) is 0. The van der Waals surface area contributed by atoms with Crippen molar-refractivity contribution in [1.29, 1.82) is 0 Å². The third-order valence-corrected chi connectivity index (χ3v) is 3.40. The van der Waals surface area contributed by atoms with E-state index in [1.54, 1.807) is 0 Å². The molecule has 2 nitrogen and oxygen atoms in total. The molecule has 1 aliphatic heterocycles. The molecular weight excluding hydrogens is 215 g/mol. The van der Waals surface area contributed by atoms with Crippen LogP contribution in [0.5, 0.6) is 0 Å². The lowest BCUT2D eigenvalue weighted by molar-refractivity contribution is 0.175. The maximum absolute atomic E-state index is 12.8. The topological polar surface area (TPSA) is 15.3 Å². The molecule has 1 atom stereocenters. The van der Waals surface area contributed by atoms with Gasteiger partial charge in [0.2, 0.25) is 0 Å². The van der Waals surface area contributed by atoms with Gasteiger partial charge in [0.25, 0.3) is 0 Å². The summed E-state index contributed by atoms with van der Waals surface area (Å²) in [5.41, 5.74) is 1.02. The summed E-state index contributed by atoms with van der Waals surface area (Å²) in [4.78, 5) is 2.49. The van der Waals surface area contributed by atoms with Gasteiger partial charge in [-0.15, -0.1) is 0 Å². The quantitative estimate of drug-likeness (QED) is 0.867. The maximum Gasteiger partial charge on any atom is 0.123 e. The zero-order valence-corrected chi connectivity index (χ0v) is 10.6. The Hall–Kier alpha value is -1.09. The Labute approximate surface area is 103 Å².